The Morgan fingerprint density at radius 2 is 1.86 bits per heavy atom. The fourth-order valence-electron chi connectivity index (χ4n) is 2.43. The molecule has 0 aromatic heterocycles. The summed E-state index contributed by atoms with van der Waals surface area (Å²) in [7, 11) is 0. The molecular weight excluding hydrogens is 295 g/mol. The molecule has 0 fully saturated rings. The third kappa shape index (κ3) is 2.52. The van der Waals surface area contributed by atoms with Gasteiger partial charge in [0.25, 0.3) is 5.91 Å². The van der Waals surface area contributed by atoms with Crippen molar-refractivity contribution in [3.05, 3.63) is 65.0 Å². The van der Waals surface area contributed by atoms with Crippen molar-refractivity contribution in [3.63, 3.8) is 0 Å². The van der Waals surface area contributed by atoms with Crippen LogP contribution in [0.5, 0.6) is 5.75 Å². The van der Waals surface area contributed by atoms with E-state index in [2.05, 4.69) is 5.32 Å². The Balaban J connectivity index is 1.86. The summed E-state index contributed by atoms with van der Waals surface area (Å²) in [4.78, 5) is 12.1. The molecular formula is C16H12F3NO2. The zero-order valence-electron chi connectivity index (χ0n) is 11.4. The highest BCUT2D eigenvalue weighted by molar-refractivity contribution is 5.94. The Kier molecular flexibility index (Phi) is 3.75. The van der Waals surface area contributed by atoms with Crippen LogP contribution >= 0.6 is 0 Å². The quantitative estimate of drug-likeness (QED) is 0.864. The number of benzene rings is 2. The van der Waals surface area contributed by atoms with Gasteiger partial charge in [-0.1, -0.05) is 18.2 Å². The molecule has 1 heterocycles. The minimum Gasteiger partial charge on any atom is -0.493 e. The third-order valence-corrected chi connectivity index (χ3v) is 3.54. The van der Waals surface area contributed by atoms with Crippen LogP contribution in [0.3, 0.4) is 0 Å². The van der Waals surface area contributed by atoms with E-state index in [4.69, 9.17) is 4.74 Å². The molecule has 1 N–H and O–H groups in total. The van der Waals surface area contributed by atoms with Crippen LogP contribution < -0.4 is 10.1 Å². The minimum atomic E-state index is -1.65. The summed E-state index contributed by atoms with van der Waals surface area (Å²) in [6.07, 6.45) is 0.508. The second-order valence-corrected chi connectivity index (χ2v) is 4.92. The summed E-state index contributed by atoms with van der Waals surface area (Å²) in [6.45, 7) is 0.405. The van der Waals surface area contributed by atoms with Gasteiger partial charge in [0.05, 0.1) is 18.2 Å². The zero-order chi connectivity index (χ0) is 15.7. The average molecular weight is 307 g/mol. The summed E-state index contributed by atoms with van der Waals surface area (Å²) >= 11 is 0. The van der Waals surface area contributed by atoms with Crippen molar-refractivity contribution in [2.24, 2.45) is 0 Å². The lowest BCUT2D eigenvalue weighted by Gasteiger charge is -2.26. The Bertz CT molecular complexity index is 733. The Morgan fingerprint density at radius 1 is 1.09 bits per heavy atom. The minimum absolute atomic E-state index is 0.370. The number of hydrogen-bond acceptors (Lipinski definition) is 2. The molecule has 114 valence electrons. The lowest BCUT2D eigenvalue weighted by atomic mass is 10.00. The maximum absolute atomic E-state index is 13.7. The predicted octanol–water partition coefficient (Wildman–Crippen LogP) is 3.36. The van der Waals surface area contributed by atoms with Gasteiger partial charge in [0.15, 0.2) is 17.5 Å². The molecule has 0 aliphatic carbocycles. The molecule has 0 bridgehead atoms. The van der Waals surface area contributed by atoms with Crippen molar-refractivity contribution in [1.29, 1.82) is 0 Å². The van der Waals surface area contributed by atoms with Crippen LogP contribution in [-0.2, 0) is 0 Å². The lowest BCUT2D eigenvalue weighted by molar-refractivity contribution is 0.0919. The van der Waals surface area contributed by atoms with Gasteiger partial charge in [-0.2, -0.15) is 0 Å². The SMILES string of the molecule is O=C(NC1CCOc2ccccc21)c1ccc(F)c(F)c1F. The van der Waals surface area contributed by atoms with Crippen LogP contribution in [0, 0.1) is 17.5 Å². The van der Waals surface area contributed by atoms with E-state index in [-0.39, 0.29) is 6.04 Å². The van der Waals surface area contributed by atoms with Gasteiger partial charge >= 0.3 is 0 Å². The van der Waals surface area contributed by atoms with Crippen LogP contribution in [0.15, 0.2) is 36.4 Å². The highest BCUT2D eigenvalue weighted by Crippen LogP contribution is 2.31. The molecule has 0 saturated heterocycles. The number of halogens is 3. The number of carbonyl (C=O) groups excluding carboxylic acids is 1. The summed E-state index contributed by atoms with van der Waals surface area (Å²) in [5.41, 5.74) is 0.243. The summed E-state index contributed by atoms with van der Waals surface area (Å²) in [5.74, 6) is -4.62. The van der Waals surface area contributed by atoms with E-state index in [0.29, 0.717) is 18.8 Å². The third-order valence-electron chi connectivity index (χ3n) is 3.54. The fourth-order valence-corrected chi connectivity index (χ4v) is 2.43. The molecule has 0 radical (unpaired) electrons. The van der Waals surface area contributed by atoms with Crippen molar-refractivity contribution in [3.8, 4) is 5.75 Å². The first kappa shape index (κ1) is 14.4. The first-order valence-electron chi connectivity index (χ1n) is 6.74. The number of nitrogens with one attached hydrogen (secondary N) is 1. The molecule has 1 unspecified atom stereocenters. The van der Waals surface area contributed by atoms with E-state index < -0.39 is 28.9 Å². The van der Waals surface area contributed by atoms with Gasteiger partial charge in [-0.25, -0.2) is 13.2 Å². The van der Waals surface area contributed by atoms with Gasteiger partial charge in [0.2, 0.25) is 0 Å². The van der Waals surface area contributed by atoms with Crippen molar-refractivity contribution in [2.45, 2.75) is 12.5 Å². The van der Waals surface area contributed by atoms with E-state index in [1.807, 2.05) is 0 Å². The molecule has 1 amide bonds. The molecule has 0 spiro atoms. The number of carbonyl (C=O) groups is 1. The molecule has 2 aromatic rings. The van der Waals surface area contributed by atoms with E-state index in [9.17, 15) is 18.0 Å². The van der Waals surface area contributed by atoms with Gasteiger partial charge in [-0.15, -0.1) is 0 Å². The standard InChI is InChI=1S/C16H12F3NO2/c17-11-6-5-10(14(18)15(11)19)16(21)20-12-7-8-22-13-4-2-1-3-9(12)13/h1-6,12H,7-8H2,(H,20,21). The molecule has 3 rings (SSSR count). The van der Waals surface area contributed by atoms with Crippen LogP contribution in [-0.4, -0.2) is 12.5 Å². The highest BCUT2D eigenvalue weighted by atomic mass is 19.2. The van der Waals surface area contributed by atoms with Crippen LogP contribution in [0.2, 0.25) is 0 Å². The number of amides is 1. The average Bonchev–Trinajstić information content (AvgIpc) is 2.53. The Hall–Kier alpha value is -2.50. The topological polar surface area (TPSA) is 38.3 Å². The number of fused-ring (bicyclic) bond motifs is 1. The van der Waals surface area contributed by atoms with Gasteiger partial charge in [-0.3, -0.25) is 4.79 Å². The molecule has 1 aliphatic rings. The molecule has 1 atom stereocenters. The number of ether oxygens (including phenoxy) is 1. The van der Waals surface area contributed by atoms with Crippen molar-refractivity contribution >= 4 is 5.91 Å². The monoisotopic (exact) mass is 307 g/mol. The molecule has 0 saturated carbocycles. The summed E-state index contributed by atoms with van der Waals surface area (Å²) in [6, 6.07) is 8.44. The summed E-state index contributed by atoms with van der Waals surface area (Å²) < 4.78 is 45.3. The molecule has 3 nitrogen and oxygen atoms in total. The Labute approximate surface area is 124 Å². The molecule has 1 aliphatic heterocycles. The van der Waals surface area contributed by atoms with Crippen LogP contribution in [0.25, 0.3) is 0 Å². The smallest absolute Gasteiger partial charge is 0.254 e. The van der Waals surface area contributed by atoms with Gasteiger partial charge in [-0.05, 0) is 18.2 Å². The predicted molar refractivity (Wildman–Crippen MR) is 73.1 cm³/mol. The highest BCUT2D eigenvalue weighted by Gasteiger charge is 2.25. The maximum atomic E-state index is 13.7. The van der Waals surface area contributed by atoms with Gasteiger partial charge < -0.3 is 10.1 Å². The second-order valence-electron chi connectivity index (χ2n) is 4.92. The maximum Gasteiger partial charge on any atom is 0.254 e. The van der Waals surface area contributed by atoms with E-state index in [1.165, 1.54) is 0 Å². The first-order valence-corrected chi connectivity index (χ1v) is 6.74. The van der Waals surface area contributed by atoms with Crippen molar-refractivity contribution < 1.29 is 22.7 Å². The van der Waals surface area contributed by atoms with Crippen molar-refractivity contribution in [2.75, 3.05) is 6.61 Å². The van der Waals surface area contributed by atoms with Crippen LogP contribution in [0.1, 0.15) is 28.4 Å². The number of hydrogen-bond donors (Lipinski definition) is 1. The largest absolute Gasteiger partial charge is 0.493 e. The van der Waals surface area contributed by atoms with Gasteiger partial charge in [0, 0.05) is 12.0 Å². The summed E-state index contributed by atoms with van der Waals surface area (Å²) in [5, 5.41) is 2.63. The number of rotatable bonds is 2. The van der Waals surface area contributed by atoms with Crippen LogP contribution in [0.4, 0.5) is 13.2 Å². The Morgan fingerprint density at radius 3 is 2.68 bits per heavy atom. The fraction of sp³-hybridized carbons (Fsp3) is 0.188. The van der Waals surface area contributed by atoms with E-state index >= 15 is 0 Å². The molecule has 6 heteroatoms. The lowest BCUT2D eigenvalue weighted by Crippen LogP contribution is -2.32. The first-order chi connectivity index (χ1) is 10.6. The van der Waals surface area contributed by atoms with E-state index in [0.717, 1.165) is 17.7 Å². The van der Waals surface area contributed by atoms with Crippen molar-refractivity contribution in [1.82, 2.24) is 5.32 Å². The normalized spacial score (nSPS) is 16.6. The zero-order valence-corrected chi connectivity index (χ0v) is 11.4. The molecule has 2 aromatic carbocycles. The number of para-hydroxylation sites is 1. The van der Waals surface area contributed by atoms with E-state index in [1.54, 1.807) is 24.3 Å². The van der Waals surface area contributed by atoms with Gasteiger partial charge in [0.1, 0.15) is 5.75 Å². The second kappa shape index (κ2) is 5.71. The molecule has 22 heavy (non-hydrogen) atoms.